The van der Waals surface area contributed by atoms with Crippen molar-refractivity contribution < 1.29 is 9.53 Å². The van der Waals surface area contributed by atoms with Crippen LogP contribution in [0.2, 0.25) is 0 Å². The molecule has 2 aliphatic heterocycles. The van der Waals surface area contributed by atoms with E-state index < -0.39 is 5.54 Å². The maximum Gasteiger partial charge on any atom is 0.326 e. The van der Waals surface area contributed by atoms with Gasteiger partial charge in [0, 0.05) is 19.0 Å². The predicted molar refractivity (Wildman–Crippen MR) is 57.6 cm³/mol. The van der Waals surface area contributed by atoms with E-state index in [1.165, 1.54) is 7.11 Å². The SMILES string of the molecule is CCNC1(C(=O)OC)CCN2CCC1C2. The number of carbonyl (C=O) groups is 1. The second-order valence-electron chi connectivity index (χ2n) is 4.53. The molecule has 2 aliphatic rings. The second-order valence-corrected chi connectivity index (χ2v) is 4.53. The molecule has 3 atom stereocenters. The van der Waals surface area contributed by atoms with Gasteiger partial charge < -0.3 is 15.0 Å². The summed E-state index contributed by atoms with van der Waals surface area (Å²) in [6, 6.07) is 0. The van der Waals surface area contributed by atoms with Crippen molar-refractivity contribution in [2.75, 3.05) is 33.3 Å². The number of hydrogen-bond acceptors (Lipinski definition) is 4. The summed E-state index contributed by atoms with van der Waals surface area (Å²) in [6.07, 6.45) is 2.00. The Kier molecular flexibility index (Phi) is 2.98. The van der Waals surface area contributed by atoms with Crippen molar-refractivity contribution in [1.82, 2.24) is 10.2 Å². The van der Waals surface area contributed by atoms with Gasteiger partial charge in [0.1, 0.15) is 5.54 Å². The smallest absolute Gasteiger partial charge is 0.326 e. The third-order valence-corrected chi connectivity index (χ3v) is 3.83. The number of hydrogen-bond donors (Lipinski definition) is 1. The Morgan fingerprint density at radius 3 is 3.07 bits per heavy atom. The van der Waals surface area contributed by atoms with Crippen molar-refractivity contribution in [2.45, 2.75) is 25.3 Å². The molecule has 1 N–H and O–H groups in total. The quantitative estimate of drug-likeness (QED) is 0.680. The summed E-state index contributed by atoms with van der Waals surface area (Å²) in [5.41, 5.74) is -0.406. The molecule has 2 bridgehead atoms. The lowest BCUT2D eigenvalue weighted by atomic mass is 9.78. The van der Waals surface area contributed by atoms with E-state index in [1.807, 2.05) is 6.92 Å². The molecular weight excluding hydrogens is 192 g/mol. The Bertz CT molecular complexity index is 257. The molecular formula is C11H20N2O2. The summed E-state index contributed by atoms with van der Waals surface area (Å²) in [7, 11) is 1.49. The first kappa shape index (κ1) is 10.9. The Morgan fingerprint density at radius 1 is 1.60 bits per heavy atom. The molecule has 2 rings (SSSR count). The number of methoxy groups -OCH3 is 1. The highest BCUT2D eigenvalue weighted by molar-refractivity contribution is 5.81. The molecule has 0 aromatic heterocycles. The van der Waals surface area contributed by atoms with Crippen molar-refractivity contribution in [3.8, 4) is 0 Å². The molecule has 0 radical (unpaired) electrons. The first-order chi connectivity index (χ1) is 7.23. The van der Waals surface area contributed by atoms with E-state index in [0.717, 1.165) is 39.0 Å². The van der Waals surface area contributed by atoms with E-state index in [1.54, 1.807) is 0 Å². The predicted octanol–water partition coefficient (Wildman–Crippen LogP) is 0.233. The normalized spacial score (nSPS) is 39.1. The van der Waals surface area contributed by atoms with E-state index in [4.69, 9.17) is 4.74 Å². The molecule has 0 spiro atoms. The number of nitrogens with zero attached hydrogens (tertiary/aromatic N) is 1. The molecule has 0 saturated carbocycles. The standard InChI is InChI=1S/C11H20N2O2/c1-3-12-11(10(14)15-2)5-7-13-6-4-9(11)8-13/h9,12H,3-8H2,1-2H3. The van der Waals surface area contributed by atoms with Gasteiger partial charge in [-0.2, -0.15) is 0 Å². The van der Waals surface area contributed by atoms with Gasteiger partial charge in [0.05, 0.1) is 7.11 Å². The van der Waals surface area contributed by atoms with Crippen LogP contribution in [-0.4, -0.2) is 49.7 Å². The number of ether oxygens (including phenoxy) is 1. The highest BCUT2D eigenvalue weighted by Crippen LogP contribution is 2.36. The number of nitrogens with one attached hydrogen (secondary N) is 1. The summed E-state index contributed by atoms with van der Waals surface area (Å²) in [5.74, 6) is 0.356. The highest BCUT2D eigenvalue weighted by Gasteiger charge is 2.51. The minimum absolute atomic E-state index is 0.0732. The molecule has 0 amide bonds. The van der Waals surface area contributed by atoms with Gasteiger partial charge in [-0.3, -0.25) is 4.79 Å². The van der Waals surface area contributed by atoms with Gasteiger partial charge in [-0.25, -0.2) is 0 Å². The van der Waals surface area contributed by atoms with Crippen LogP contribution in [0.4, 0.5) is 0 Å². The monoisotopic (exact) mass is 212 g/mol. The minimum Gasteiger partial charge on any atom is -0.468 e. The van der Waals surface area contributed by atoms with E-state index in [0.29, 0.717) is 5.92 Å². The van der Waals surface area contributed by atoms with E-state index in [-0.39, 0.29) is 5.97 Å². The molecule has 4 nitrogen and oxygen atoms in total. The lowest BCUT2D eigenvalue weighted by Crippen LogP contribution is -2.61. The third kappa shape index (κ3) is 1.66. The lowest BCUT2D eigenvalue weighted by molar-refractivity contribution is -0.152. The van der Waals surface area contributed by atoms with Crippen LogP contribution in [0.15, 0.2) is 0 Å². The van der Waals surface area contributed by atoms with Crippen molar-refractivity contribution in [3.63, 3.8) is 0 Å². The van der Waals surface area contributed by atoms with Crippen molar-refractivity contribution in [3.05, 3.63) is 0 Å². The van der Waals surface area contributed by atoms with Gasteiger partial charge in [0.2, 0.25) is 0 Å². The van der Waals surface area contributed by atoms with Crippen molar-refractivity contribution in [1.29, 1.82) is 0 Å². The molecule has 3 unspecified atom stereocenters. The average molecular weight is 212 g/mol. The highest BCUT2D eigenvalue weighted by atomic mass is 16.5. The molecule has 86 valence electrons. The van der Waals surface area contributed by atoms with Gasteiger partial charge >= 0.3 is 5.97 Å². The molecule has 4 heteroatoms. The van der Waals surface area contributed by atoms with E-state index in [2.05, 4.69) is 10.2 Å². The second kappa shape index (κ2) is 4.10. The lowest BCUT2D eigenvalue weighted by Gasteiger charge is -2.41. The van der Waals surface area contributed by atoms with Gasteiger partial charge in [-0.1, -0.05) is 6.92 Å². The Morgan fingerprint density at radius 2 is 2.40 bits per heavy atom. The molecule has 0 aromatic carbocycles. The molecule has 2 saturated heterocycles. The fraction of sp³-hybridized carbons (Fsp3) is 0.909. The number of piperidine rings is 1. The van der Waals surface area contributed by atoms with Gasteiger partial charge in [0.15, 0.2) is 0 Å². The fourth-order valence-corrected chi connectivity index (χ4v) is 3.05. The van der Waals surface area contributed by atoms with Crippen LogP contribution < -0.4 is 5.32 Å². The van der Waals surface area contributed by atoms with Crippen LogP contribution in [0.1, 0.15) is 19.8 Å². The zero-order chi connectivity index (χ0) is 10.9. The molecule has 0 aliphatic carbocycles. The van der Waals surface area contributed by atoms with E-state index in [9.17, 15) is 4.79 Å². The summed E-state index contributed by atoms with van der Waals surface area (Å²) in [4.78, 5) is 14.4. The number of fused-ring (bicyclic) bond motifs is 2. The largest absolute Gasteiger partial charge is 0.468 e. The maximum absolute atomic E-state index is 12.0. The van der Waals surface area contributed by atoms with Gasteiger partial charge in [0.25, 0.3) is 0 Å². The minimum atomic E-state index is -0.406. The molecule has 2 heterocycles. The van der Waals surface area contributed by atoms with Crippen LogP contribution in [-0.2, 0) is 9.53 Å². The first-order valence-corrected chi connectivity index (χ1v) is 5.78. The fourth-order valence-electron chi connectivity index (χ4n) is 3.05. The van der Waals surface area contributed by atoms with Crippen LogP contribution >= 0.6 is 0 Å². The van der Waals surface area contributed by atoms with Crippen molar-refractivity contribution >= 4 is 5.97 Å². The Hall–Kier alpha value is -0.610. The zero-order valence-corrected chi connectivity index (χ0v) is 9.58. The van der Waals surface area contributed by atoms with Crippen LogP contribution in [0.25, 0.3) is 0 Å². The maximum atomic E-state index is 12.0. The number of likely N-dealkylation sites (N-methyl/N-ethyl adjacent to an activating group) is 1. The summed E-state index contributed by atoms with van der Waals surface area (Å²) < 4.78 is 4.98. The van der Waals surface area contributed by atoms with Gasteiger partial charge in [-0.15, -0.1) is 0 Å². The number of esters is 1. The van der Waals surface area contributed by atoms with Crippen LogP contribution in [0.3, 0.4) is 0 Å². The first-order valence-electron chi connectivity index (χ1n) is 5.78. The number of carbonyl (C=O) groups excluding carboxylic acids is 1. The summed E-state index contributed by atoms with van der Waals surface area (Å²) in [6.45, 7) is 6.06. The van der Waals surface area contributed by atoms with E-state index >= 15 is 0 Å². The third-order valence-electron chi connectivity index (χ3n) is 3.83. The topological polar surface area (TPSA) is 41.6 Å². The van der Waals surface area contributed by atoms with Crippen LogP contribution in [0.5, 0.6) is 0 Å². The molecule has 2 fully saturated rings. The molecule has 15 heavy (non-hydrogen) atoms. The molecule has 0 aromatic rings. The van der Waals surface area contributed by atoms with Gasteiger partial charge in [-0.05, 0) is 25.9 Å². The average Bonchev–Trinajstić information content (AvgIpc) is 2.66. The van der Waals surface area contributed by atoms with Crippen molar-refractivity contribution in [2.24, 2.45) is 5.92 Å². The summed E-state index contributed by atoms with van der Waals surface area (Å²) in [5, 5.41) is 3.38. The Labute approximate surface area is 91.0 Å². The zero-order valence-electron chi connectivity index (χ0n) is 9.58. The number of rotatable bonds is 3. The summed E-state index contributed by atoms with van der Waals surface area (Å²) >= 11 is 0. The van der Waals surface area contributed by atoms with Crippen LogP contribution in [0, 0.1) is 5.92 Å². The Balaban J connectivity index is 2.20.